The summed E-state index contributed by atoms with van der Waals surface area (Å²) in [7, 11) is 0. The maximum Gasteiger partial charge on any atom is 0.306 e. The highest BCUT2D eigenvalue weighted by Crippen LogP contribution is 2.23. The highest BCUT2D eigenvalue weighted by atomic mass is 16.4. The van der Waals surface area contributed by atoms with Gasteiger partial charge in [0.25, 0.3) is 0 Å². The molecule has 2 atom stereocenters. The van der Waals surface area contributed by atoms with Gasteiger partial charge in [-0.2, -0.15) is 0 Å². The van der Waals surface area contributed by atoms with E-state index in [1.165, 1.54) is 0 Å². The van der Waals surface area contributed by atoms with Gasteiger partial charge >= 0.3 is 5.97 Å². The number of piperidine rings is 1. The Morgan fingerprint density at radius 3 is 2.67 bits per heavy atom. The summed E-state index contributed by atoms with van der Waals surface area (Å²) in [5.41, 5.74) is 0. The Hall–Kier alpha value is -1.59. The van der Waals surface area contributed by atoms with Gasteiger partial charge in [0.05, 0.1) is 12.5 Å². The first-order valence-electron chi connectivity index (χ1n) is 7.77. The summed E-state index contributed by atoms with van der Waals surface area (Å²) in [5, 5.41) is 9.10. The quantitative estimate of drug-likeness (QED) is 0.841. The standard InChI is InChI=1S/C15H24N2O4/c1-11-9-17(8-6-12(11)15(20)21)14(19)10-16-7-4-2-3-5-13(16)18/h11-12H,2-10H2,1H3,(H,20,21). The molecule has 6 nitrogen and oxygen atoms in total. The molecule has 0 spiro atoms. The van der Waals surface area contributed by atoms with Crippen LogP contribution in [0, 0.1) is 11.8 Å². The van der Waals surface area contributed by atoms with Crippen LogP contribution < -0.4 is 0 Å². The molecule has 2 aliphatic rings. The summed E-state index contributed by atoms with van der Waals surface area (Å²) in [6.45, 7) is 3.62. The van der Waals surface area contributed by atoms with Crippen LogP contribution in [0.5, 0.6) is 0 Å². The maximum atomic E-state index is 12.3. The lowest BCUT2D eigenvalue weighted by Crippen LogP contribution is -2.49. The van der Waals surface area contributed by atoms with Crippen LogP contribution in [0.2, 0.25) is 0 Å². The molecular weight excluding hydrogens is 272 g/mol. The van der Waals surface area contributed by atoms with E-state index in [0.717, 1.165) is 19.3 Å². The van der Waals surface area contributed by atoms with E-state index >= 15 is 0 Å². The van der Waals surface area contributed by atoms with Crippen LogP contribution in [-0.2, 0) is 14.4 Å². The summed E-state index contributed by atoms with van der Waals surface area (Å²) in [6.07, 6.45) is 3.93. The smallest absolute Gasteiger partial charge is 0.306 e. The first-order chi connectivity index (χ1) is 9.99. The van der Waals surface area contributed by atoms with Crippen LogP contribution in [0.1, 0.15) is 39.0 Å². The second-order valence-electron chi connectivity index (χ2n) is 6.18. The lowest BCUT2D eigenvalue weighted by molar-refractivity contribution is -0.149. The topological polar surface area (TPSA) is 77.9 Å². The molecule has 118 valence electrons. The number of carboxylic acids is 1. The number of amides is 2. The van der Waals surface area contributed by atoms with E-state index in [1.807, 2.05) is 6.92 Å². The van der Waals surface area contributed by atoms with Gasteiger partial charge in [0.1, 0.15) is 0 Å². The number of carboxylic acid groups (broad SMARTS) is 1. The number of carbonyl (C=O) groups excluding carboxylic acids is 2. The molecule has 0 aromatic carbocycles. The Kier molecular flexibility index (Phi) is 5.20. The predicted octanol–water partition coefficient (Wildman–Crippen LogP) is 0.958. The molecule has 0 radical (unpaired) electrons. The van der Waals surface area contributed by atoms with Gasteiger partial charge in [0.2, 0.25) is 11.8 Å². The molecule has 1 N–H and O–H groups in total. The molecule has 2 unspecified atom stereocenters. The van der Waals surface area contributed by atoms with Crippen molar-refractivity contribution in [3.05, 3.63) is 0 Å². The van der Waals surface area contributed by atoms with Gasteiger partial charge in [-0.3, -0.25) is 14.4 Å². The Labute approximate surface area is 125 Å². The second-order valence-corrected chi connectivity index (χ2v) is 6.18. The van der Waals surface area contributed by atoms with E-state index in [2.05, 4.69) is 0 Å². The van der Waals surface area contributed by atoms with Gasteiger partial charge in [-0.05, 0) is 25.2 Å². The summed E-state index contributed by atoms with van der Waals surface area (Å²) < 4.78 is 0. The van der Waals surface area contributed by atoms with Crippen molar-refractivity contribution >= 4 is 17.8 Å². The molecule has 0 aromatic heterocycles. The monoisotopic (exact) mass is 296 g/mol. The highest BCUT2D eigenvalue weighted by Gasteiger charge is 2.33. The minimum atomic E-state index is -0.780. The van der Waals surface area contributed by atoms with Gasteiger partial charge < -0.3 is 14.9 Å². The first-order valence-corrected chi connectivity index (χ1v) is 7.77. The van der Waals surface area contributed by atoms with Crippen LogP contribution >= 0.6 is 0 Å². The molecule has 2 heterocycles. The maximum absolute atomic E-state index is 12.3. The Bertz CT molecular complexity index is 424. The van der Waals surface area contributed by atoms with Crippen LogP contribution in [0.3, 0.4) is 0 Å². The zero-order valence-electron chi connectivity index (χ0n) is 12.6. The highest BCUT2D eigenvalue weighted by molar-refractivity contribution is 5.85. The molecule has 6 heteroatoms. The molecule has 0 bridgehead atoms. The summed E-state index contributed by atoms with van der Waals surface area (Å²) in [5.74, 6) is -1.18. The molecule has 0 saturated carbocycles. The number of aliphatic carboxylic acids is 1. The molecular formula is C15H24N2O4. The fourth-order valence-electron chi connectivity index (χ4n) is 3.21. The Morgan fingerprint density at radius 2 is 2.00 bits per heavy atom. The van der Waals surface area contributed by atoms with Crippen LogP contribution in [0.4, 0.5) is 0 Å². The summed E-state index contributed by atoms with van der Waals surface area (Å²) in [4.78, 5) is 38.7. The van der Waals surface area contributed by atoms with E-state index in [1.54, 1.807) is 9.80 Å². The SMILES string of the molecule is CC1CN(C(=O)CN2CCCCCC2=O)CCC1C(=O)O. The number of carbonyl (C=O) groups is 3. The van der Waals surface area contributed by atoms with Crippen molar-refractivity contribution in [3.8, 4) is 0 Å². The normalized spacial score (nSPS) is 27.4. The van der Waals surface area contributed by atoms with Crippen molar-refractivity contribution in [1.82, 2.24) is 9.80 Å². The van der Waals surface area contributed by atoms with Crippen molar-refractivity contribution in [3.63, 3.8) is 0 Å². The minimum Gasteiger partial charge on any atom is -0.481 e. The average molecular weight is 296 g/mol. The van der Waals surface area contributed by atoms with E-state index in [4.69, 9.17) is 5.11 Å². The van der Waals surface area contributed by atoms with Gasteiger partial charge in [-0.25, -0.2) is 0 Å². The molecule has 2 amide bonds. The minimum absolute atomic E-state index is 0.0416. The summed E-state index contributed by atoms with van der Waals surface area (Å²) in [6, 6.07) is 0. The molecule has 2 aliphatic heterocycles. The lowest BCUT2D eigenvalue weighted by atomic mass is 9.87. The summed E-state index contributed by atoms with van der Waals surface area (Å²) >= 11 is 0. The molecule has 2 fully saturated rings. The van der Waals surface area contributed by atoms with Crippen LogP contribution in [0.25, 0.3) is 0 Å². The van der Waals surface area contributed by atoms with Crippen molar-refractivity contribution in [2.75, 3.05) is 26.2 Å². The third kappa shape index (κ3) is 3.95. The average Bonchev–Trinajstić information content (AvgIpc) is 2.63. The first kappa shape index (κ1) is 15.8. The van der Waals surface area contributed by atoms with E-state index < -0.39 is 5.97 Å². The largest absolute Gasteiger partial charge is 0.481 e. The molecule has 21 heavy (non-hydrogen) atoms. The molecule has 2 rings (SSSR count). The van der Waals surface area contributed by atoms with Crippen molar-refractivity contribution < 1.29 is 19.5 Å². The van der Waals surface area contributed by atoms with E-state index in [9.17, 15) is 14.4 Å². The number of rotatable bonds is 3. The van der Waals surface area contributed by atoms with E-state index in [0.29, 0.717) is 32.5 Å². The molecule has 0 aromatic rings. The Balaban J connectivity index is 1.89. The zero-order valence-corrected chi connectivity index (χ0v) is 12.6. The Morgan fingerprint density at radius 1 is 1.24 bits per heavy atom. The van der Waals surface area contributed by atoms with Crippen LogP contribution in [-0.4, -0.2) is 58.9 Å². The van der Waals surface area contributed by atoms with E-state index in [-0.39, 0.29) is 30.2 Å². The predicted molar refractivity (Wildman–Crippen MR) is 76.5 cm³/mol. The van der Waals surface area contributed by atoms with Gasteiger partial charge in [0, 0.05) is 26.1 Å². The fourth-order valence-corrected chi connectivity index (χ4v) is 3.21. The van der Waals surface area contributed by atoms with Crippen molar-refractivity contribution in [2.45, 2.75) is 39.0 Å². The molecule has 2 saturated heterocycles. The van der Waals surface area contributed by atoms with Gasteiger partial charge in [-0.15, -0.1) is 0 Å². The fraction of sp³-hybridized carbons (Fsp3) is 0.800. The molecule has 0 aliphatic carbocycles. The van der Waals surface area contributed by atoms with Gasteiger partial charge in [0.15, 0.2) is 0 Å². The number of likely N-dealkylation sites (tertiary alicyclic amines) is 2. The third-order valence-corrected chi connectivity index (χ3v) is 4.57. The lowest BCUT2D eigenvalue weighted by Gasteiger charge is -2.36. The second kappa shape index (κ2) is 6.91. The zero-order chi connectivity index (χ0) is 15.4. The van der Waals surface area contributed by atoms with Crippen molar-refractivity contribution in [2.24, 2.45) is 11.8 Å². The number of hydrogen-bond donors (Lipinski definition) is 1. The van der Waals surface area contributed by atoms with Gasteiger partial charge in [-0.1, -0.05) is 13.3 Å². The van der Waals surface area contributed by atoms with Crippen molar-refractivity contribution in [1.29, 1.82) is 0 Å². The third-order valence-electron chi connectivity index (χ3n) is 4.57. The number of nitrogens with zero attached hydrogens (tertiary/aromatic N) is 2. The number of hydrogen-bond acceptors (Lipinski definition) is 3. The van der Waals surface area contributed by atoms with Crippen LogP contribution in [0.15, 0.2) is 0 Å².